The lowest BCUT2D eigenvalue weighted by atomic mass is 9.83. The van der Waals surface area contributed by atoms with Gasteiger partial charge >= 0.3 is 0 Å². The summed E-state index contributed by atoms with van der Waals surface area (Å²) in [6, 6.07) is 21.0. The smallest absolute Gasteiger partial charge is 0.262 e. The number of carbonyl (C=O) groups is 2. The van der Waals surface area contributed by atoms with Crippen molar-refractivity contribution >= 4 is 35.0 Å². The molecule has 3 aliphatic heterocycles. The lowest BCUT2D eigenvalue weighted by Crippen LogP contribution is -2.62. The highest BCUT2D eigenvalue weighted by molar-refractivity contribution is 6.30. The third-order valence-electron chi connectivity index (χ3n) is 10.4. The number of hydrogen-bond donors (Lipinski definition) is 2. The Morgan fingerprint density at radius 3 is 1.92 bits per heavy atom. The number of morpholine rings is 1. The van der Waals surface area contributed by atoms with Crippen LogP contribution in [0, 0.1) is 0 Å². The first-order valence-electron chi connectivity index (χ1n) is 18.3. The molecule has 3 saturated heterocycles. The number of benzene rings is 3. The van der Waals surface area contributed by atoms with Crippen LogP contribution >= 0.6 is 23.2 Å². The molecule has 0 radical (unpaired) electrons. The number of nitrogens with one attached hydrogen (secondary N) is 2. The van der Waals surface area contributed by atoms with Crippen LogP contribution in [0.5, 0.6) is 5.75 Å². The summed E-state index contributed by atoms with van der Waals surface area (Å²) in [5.74, 6) is 0.618. The van der Waals surface area contributed by atoms with Crippen molar-refractivity contribution < 1.29 is 23.8 Å². The second kappa shape index (κ2) is 16.8. The summed E-state index contributed by atoms with van der Waals surface area (Å²) in [4.78, 5) is 34.3. The standard InChI is InChI=1S/C40H51Cl2N5O5/c1-5-50-27-39(3,4)30-11-16-33(34(25-30)52-6-2)40(38(49)47-19-17-45(18-20-47)26-35(48)46-21-23-51-24-22-46)43-36(28-7-12-31(41)13-8-28)37(44-40)29-9-14-32(42)15-10-29/h7-16,25,36-37,43-44H,5-6,17-24,26-27H2,1-4H3/t36-,37+,40?. The molecule has 0 spiro atoms. The molecule has 3 aliphatic rings. The molecule has 12 heteroatoms. The second-order valence-electron chi connectivity index (χ2n) is 14.3. The van der Waals surface area contributed by atoms with Gasteiger partial charge in [0.25, 0.3) is 5.91 Å². The van der Waals surface area contributed by atoms with Gasteiger partial charge in [0.1, 0.15) is 5.75 Å². The quantitative estimate of drug-likeness (QED) is 0.250. The van der Waals surface area contributed by atoms with E-state index in [1.54, 1.807) is 0 Å². The molecule has 0 aromatic heterocycles. The summed E-state index contributed by atoms with van der Waals surface area (Å²) >= 11 is 12.7. The number of carbonyl (C=O) groups excluding carboxylic acids is 2. The first-order valence-corrected chi connectivity index (χ1v) is 19.1. The van der Waals surface area contributed by atoms with Crippen LogP contribution in [0.2, 0.25) is 10.0 Å². The van der Waals surface area contributed by atoms with Gasteiger partial charge in [0.15, 0.2) is 5.66 Å². The minimum absolute atomic E-state index is 0.101. The van der Waals surface area contributed by atoms with Crippen LogP contribution in [0.15, 0.2) is 66.7 Å². The third kappa shape index (κ3) is 8.44. The lowest BCUT2D eigenvalue weighted by Gasteiger charge is -2.41. The van der Waals surface area contributed by atoms with Gasteiger partial charge in [0.05, 0.1) is 45.1 Å². The average molecular weight is 753 g/mol. The molecule has 52 heavy (non-hydrogen) atoms. The number of amides is 2. The third-order valence-corrected chi connectivity index (χ3v) is 10.9. The van der Waals surface area contributed by atoms with Gasteiger partial charge in [-0.3, -0.25) is 25.1 Å². The van der Waals surface area contributed by atoms with Crippen LogP contribution in [-0.4, -0.2) is 105 Å². The van der Waals surface area contributed by atoms with Crippen molar-refractivity contribution in [2.24, 2.45) is 0 Å². The van der Waals surface area contributed by atoms with E-state index >= 15 is 4.79 Å². The first-order chi connectivity index (χ1) is 25.0. The Bertz CT molecular complexity index is 1620. The van der Waals surface area contributed by atoms with E-state index in [0.29, 0.717) is 100 Å². The van der Waals surface area contributed by atoms with Crippen molar-refractivity contribution in [2.75, 3.05) is 78.8 Å². The normalized spacial score (nSPS) is 22.8. The molecule has 280 valence electrons. The predicted molar refractivity (Wildman–Crippen MR) is 204 cm³/mol. The molecule has 6 rings (SSSR count). The van der Waals surface area contributed by atoms with Gasteiger partial charge in [0.2, 0.25) is 5.91 Å². The van der Waals surface area contributed by atoms with Crippen LogP contribution in [0.1, 0.15) is 62.0 Å². The number of ether oxygens (including phenoxy) is 3. The zero-order valence-corrected chi connectivity index (χ0v) is 32.1. The van der Waals surface area contributed by atoms with Crippen molar-refractivity contribution in [1.82, 2.24) is 25.3 Å². The van der Waals surface area contributed by atoms with E-state index in [4.69, 9.17) is 37.4 Å². The molecule has 0 bridgehead atoms. The van der Waals surface area contributed by atoms with Crippen molar-refractivity contribution in [3.8, 4) is 5.75 Å². The maximum Gasteiger partial charge on any atom is 0.262 e. The van der Waals surface area contributed by atoms with Gasteiger partial charge in [-0.15, -0.1) is 0 Å². The van der Waals surface area contributed by atoms with Crippen LogP contribution in [0.25, 0.3) is 0 Å². The second-order valence-corrected chi connectivity index (χ2v) is 15.2. The predicted octanol–water partition coefficient (Wildman–Crippen LogP) is 5.54. The Balaban J connectivity index is 1.38. The van der Waals surface area contributed by atoms with E-state index in [1.807, 2.05) is 78.2 Å². The molecule has 2 amide bonds. The van der Waals surface area contributed by atoms with E-state index in [-0.39, 0.29) is 29.3 Å². The summed E-state index contributed by atoms with van der Waals surface area (Å²) in [6.45, 7) is 14.6. The Labute approximate surface area is 317 Å². The Morgan fingerprint density at radius 2 is 1.38 bits per heavy atom. The summed E-state index contributed by atoms with van der Waals surface area (Å²) < 4.78 is 17.7. The highest BCUT2D eigenvalue weighted by Crippen LogP contribution is 2.45. The molecule has 0 saturated carbocycles. The monoisotopic (exact) mass is 751 g/mol. The van der Waals surface area contributed by atoms with Gasteiger partial charge in [-0.05, 0) is 60.9 Å². The summed E-state index contributed by atoms with van der Waals surface area (Å²) in [6.07, 6.45) is 0. The van der Waals surface area contributed by atoms with E-state index in [2.05, 4.69) is 41.5 Å². The number of hydrogen-bond acceptors (Lipinski definition) is 8. The van der Waals surface area contributed by atoms with Crippen LogP contribution in [-0.2, 0) is 30.1 Å². The molecule has 2 N–H and O–H groups in total. The van der Waals surface area contributed by atoms with E-state index in [0.717, 1.165) is 16.7 Å². The largest absolute Gasteiger partial charge is 0.493 e. The lowest BCUT2D eigenvalue weighted by molar-refractivity contribution is -0.142. The van der Waals surface area contributed by atoms with Gasteiger partial charge in [-0.1, -0.05) is 73.4 Å². The Hall–Kier alpha value is -3.22. The zero-order valence-electron chi connectivity index (χ0n) is 30.6. The maximum absolute atomic E-state index is 15.3. The Kier molecular flexibility index (Phi) is 12.5. The molecule has 3 atom stereocenters. The highest BCUT2D eigenvalue weighted by Gasteiger charge is 2.54. The number of piperazine rings is 1. The van der Waals surface area contributed by atoms with Crippen molar-refractivity contribution in [3.05, 3.63) is 99.0 Å². The topological polar surface area (TPSA) is 95.6 Å². The van der Waals surface area contributed by atoms with E-state index in [1.165, 1.54) is 0 Å². The molecule has 3 heterocycles. The van der Waals surface area contributed by atoms with Crippen molar-refractivity contribution in [3.63, 3.8) is 0 Å². The van der Waals surface area contributed by atoms with Crippen molar-refractivity contribution in [1.29, 1.82) is 0 Å². The zero-order chi connectivity index (χ0) is 36.9. The molecule has 10 nitrogen and oxygen atoms in total. The molecule has 3 aromatic rings. The summed E-state index contributed by atoms with van der Waals surface area (Å²) in [5, 5.41) is 8.92. The highest BCUT2D eigenvalue weighted by atomic mass is 35.5. The van der Waals surface area contributed by atoms with Gasteiger partial charge in [0, 0.05) is 66.9 Å². The fraction of sp³-hybridized carbons (Fsp3) is 0.500. The maximum atomic E-state index is 15.3. The van der Waals surface area contributed by atoms with Crippen molar-refractivity contribution in [2.45, 2.75) is 50.9 Å². The number of halogens is 2. The van der Waals surface area contributed by atoms with Crippen LogP contribution in [0.4, 0.5) is 0 Å². The van der Waals surface area contributed by atoms with Gasteiger partial charge in [-0.25, -0.2) is 0 Å². The molecular formula is C40H51Cl2N5O5. The molecule has 0 aliphatic carbocycles. The fourth-order valence-corrected chi connectivity index (χ4v) is 7.63. The summed E-state index contributed by atoms with van der Waals surface area (Å²) in [5.41, 5.74) is 2.05. The fourth-order valence-electron chi connectivity index (χ4n) is 7.38. The van der Waals surface area contributed by atoms with Crippen LogP contribution < -0.4 is 15.4 Å². The van der Waals surface area contributed by atoms with Crippen LogP contribution in [0.3, 0.4) is 0 Å². The number of nitrogens with zero attached hydrogens (tertiary/aromatic N) is 3. The molecule has 1 unspecified atom stereocenters. The Morgan fingerprint density at radius 1 is 0.808 bits per heavy atom. The molecule has 3 aromatic carbocycles. The SMILES string of the molecule is CCOCC(C)(C)c1ccc(C2(C(=O)N3CCN(CC(=O)N4CCOCC4)CC3)N[C@H](c3ccc(Cl)cc3)[C@H](c3ccc(Cl)cc3)N2)c(OCC)c1. The van der Waals surface area contributed by atoms with Gasteiger partial charge < -0.3 is 24.0 Å². The minimum atomic E-state index is -1.37. The summed E-state index contributed by atoms with van der Waals surface area (Å²) in [7, 11) is 0. The first kappa shape index (κ1) is 38.5. The minimum Gasteiger partial charge on any atom is -0.493 e. The average Bonchev–Trinajstić information content (AvgIpc) is 3.57. The van der Waals surface area contributed by atoms with E-state index in [9.17, 15) is 4.79 Å². The van der Waals surface area contributed by atoms with Gasteiger partial charge in [-0.2, -0.15) is 0 Å². The molecular weight excluding hydrogens is 701 g/mol. The molecule has 3 fully saturated rings. The number of rotatable bonds is 12. The van der Waals surface area contributed by atoms with E-state index < -0.39 is 5.66 Å².